The second-order valence-corrected chi connectivity index (χ2v) is 10.7. The molecule has 0 saturated carbocycles. The third-order valence-electron chi connectivity index (χ3n) is 2.69. The molecule has 118 valence electrons. The Morgan fingerprint density at radius 1 is 1.36 bits per heavy atom. The van der Waals surface area contributed by atoms with Gasteiger partial charge in [-0.15, -0.1) is 5.54 Å². The van der Waals surface area contributed by atoms with Crippen molar-refractivity contribution in [2.45, 2.75) is 26.6 Å². The molecule has 22 heavy (non-hydrogen) atoms. The summed E-state index contributed by atoms with van der Waals surface area (Å²) in [6.45, 7) is 8.39. The summed E-state index contributed by atoms with van der Waals surface area (Å²) in [5.41, 5.74) is 5.15. The molecule has 5 heteroatoms. The molecule has 0 aliphatic carbocycles. The minimum absolute atomic E-state index is 0.0560. The fraction of sp³-hybridized carbons (Fsp3) is 0.353. The number of benzene rings is 1. The van der Waals surface area contributed by atoms with E-state index in [1.54, 1.807) is 0 Å². The number of carboxylic acid groups (broad SMARTS) is 1. The summed E-state index contributed by atoms with van der Waals surface area (Å²) >= 11 is 0. The quantitative estimate of drug-likeness (QED) is 0.392. The molecule has 1 aromatic carbocycles. The van der Waals surface area contributed by atoms with Crippen LogP contribution in [0.2, 0.25) is 19.6 Å². The molecule has 0 aliphatic rings. The largest absolute Gasteiger partial charge is 0.504 e. The lowest BCUT2D eigenvalue weighted by Crippen LogP contribution is -2.16. The predicted octanol–water partition coefficient (Wildman–Crippen LogP) is 3.22. The van der Waals surface area contributed by atoms with Gasteiger partial charge in [0.05, 0.1) is 13.4 Å². The highest BCUT2D eigenvalue weighted by molar-refractivity contribution is 6.83. The number of carbonyl (C=O) groups is 1. The summed E-state index contributed by atoms with van der Waals surface area (Å²) in [5, 5.41) is 9.03. The zero-order chi connectivity index (χ0) is 16.8. The summed E-state index contributed by atoms with van der Waals surface area (Å²) in [6, 6.07) is 5.71. The van der Waals surface area contributed by atoms with Gasteiger partial charge in [-0.1, -0.05) is 31.6 Å². The molecule has 1 aromatic rings. The molecule has 0 fully saturated rings. The van der Waals surface area contributed by atoms with Gasteiger partial charge < -0.3 is 14.6 Å². The normalized spacial score (nSPS) is 11.4. The van der Waals surface area contributed by atoms with E-state index in [4.69, 9.17) is 14.6 Å². The number of aryl methyl sites for hydroxylation is 1. The number of rotatable bonds is 5. The summed E-state index contributed by atoms with van der Waals surface area (Å²) in [7, 11) is -0.0347. The highest BCUT2D eigenvalue weighted by atomic mass is 28.3. The number of ether oxygens (including phenoxy) is 2. The van der Waals surface area contributed by atoms with Crippen LogP contribution in [0.3, 0.4) is 0 Å². The first-order chi connectivity index (χ1) is 10.2. The van der Waals surface area contributed by atoms with Gasteiger partial charge in [-0.25, -0.2) is 4.79 Å². The molecule has 0 aromatic heterocycles. The summed E-state index contributed by atoms with van der Waals surface area (Å²) in [5.74, 6) is 2.73. The third-order valence-corrected chi connectivity index (χ3v) is 3.56. The van der Waals surface area contributed by atoms with Crippen molar-refractivity contribution in [1.82, 2.24) is 0 Å². The van der Waals surface area contributed by atoms with Gasteiger partial charge in [0.2, 0.25) is 0 Å². The number of carboxylic acids is 1. The molecule has 0 heterocycles. The number of methoxy groups -OCH3 is 1. The van der Waals surface area contributed by atoms with Crippen LogP contribution in [0.4, 0.5) is 0 Å². The Bertz CT molecular complexity index is 630. The lowest BCUT2D eigenvalue weighted by molar-refractivity contribution is -0.133. The minimum Gasteiger partial charge on any atom is -0.504 e. The van der Waals surface area contributed by atoms with Crippen LogP contribution in [-0.2, 0) is 9.53 Å². The molecule has 0 spiro atoms. The van der Waals surface area contributed by atoms with Gasteiger partial charge in [0, 0.05) is 5.56 Å². The molecular formula is C17H22O4Si. The van der Waals surface area contributed by atoms with Gasteiger partial charge in [-0.3, -0.25) is 0 Å². The van der Waals surface area contributed by atoms with Gasteiger partial charge in [0.25, 0.3) is 0 Å². The molecule has 0 unspecified atom stereocenters. The van der Waals surface area contributed by atoms with E-state index in [1.165, 1.54) is 13.4 Å². The Labute approximate surface area is 132 Å². The molecule has 0 atom stereocenters. The van der Waals surface area contributed by atoms with Gasteiger partial charge >= 0.3 is 5.97 Å². The molecule has 0 saturated heterocycles. The fourth-order valence-corrected chi connectivity index (χ4v) is 2.06. The maximum atomic E-state index is 11.0. The minimum atomic E-state index is -1.44. The fourth-order valence-electron chi connectivity index (χ4n) is 1.54. The van der Waals surface area contributed by atoms with Gasteiger partial charge in [-0.05, 0) is 24.6 Å². The van der Waals surface area contributed by atoms with Gasteiger partial charge in [0.1, 0.15) is 26.0 Å². The predicted molar refractivity (Wildman–Crippen MR) is 89.6 cm³/mol. The van der Waals surface area contributed by atoms with Crippen molar-refractivity contribution in [3.8, 4) is 17.2 Å². The molecule has 0 amide bonds. The van der Waals surface area contributed by atoms with E-state index in [0.29, 0.717) is 5.75 Å². The first-order valence-electron chi connectivity index (χ1n) is 6.94. The average molecular weight is 318 g/mol. The van der Waals surface area contributed by atoms with Crippen LogP contribution in [0.5, 0.6) is 5.75 Å². The van der Waals surface area contributed by atoms with E-state index in [-0.39, 0.29) is 12.2 Å². The Hall–Kier alpha value is -2.19. The monoisotopic (exact) mass is 318 g/mol. The lowest BCUT2D eigenvalue weighted by Gasteiger charge is -2.10. The van der Waals surface area contributed by atoms with Crippen LogP contribution < -0.4 is 4.74 Å². The second kappa shape index (κ2) is 7.71. The van der Waals surface area contributed by atoms with Crippen molar-refractivity contribution < 1.29 is 19.4 Å². The van der Waals surface area contributed by atoms with Crippen LogP contribution >= 0.6 is 0 Å². The Kier molecular flexibility index (Phi) is 6.26. The number of hydrogen-bond donors (Lipinski definition) is 1. The zero-order valence-corrected chi connectivity index (χ0v) is 14.7. The molecular weight excluding hydrogens is 296 g/mol. The standard InChI is InChI=1S/C17H22O4Si/c1-13-6-7-14(8-9-22(3,4)5)10-16(13)21-12-15(11-20-2)17(18)19/h6-7,10-11H,12H2,1-5H3,(H,18,19)/b15-11-. The van der Waals surface area contributed by atoms with Crippen LogP contribution in [-0.4, -0.2) is 32.9 Å². The summed E-state index contributed by atoms with van der Waals surface area (Å²) < 4.78 is 10.3. The third kappa shape index (κ3) is 6.06. The lowest BCUT2D eigenvalue weighted by atomic mass is 10.1. The Morgan fingerprint density at radius 2 is 2.05 bits per heavy atom. The zero-order valence-electron chi connectivity index (χ0n) is 13.7. The second-order valence-electron chi connectivity index (χ2n) is 5.95. The van der Waals surface area contributed by atoms with Crippen LogP contribution in [0.25, 0.3) is 0 Å². The SMILES string of the molecule is CO/C=C(/COc1cc(C#C[Si](C)(C)C)ccc1C)C(=O)O. The maximum Gasteiger partial charge on any atom is 0.338 e. The van der Waals surface area contributed by atoms with E-state index in [2.05, 4.69) is 31.1 Å². The Morgan fingerprint density at radius 3 is 2.59 bits per heavy atom. The van der Waals surface area contributed by atoms with E-state index in [9.17, 15) is 4.79 Å². The number of hydrogen-bond acceptors (Lipinski definition) is 3. The van der Waals surface area contributed by atoms with Crippen molar-refractivity contribution in [2.75, 3.05) is 13.7 Å². The summed E-state index contributed by atoms with van der Waals surface area (Å²) in [4.78, 5) is 11.0. The highest BCUT2D eigenvalue weighted by Crippen LogP contribution is 2.20. The average Bonchev–Trinajstić information content (AvgIpc) is 2.42. The molecule has 4 nitrogen and oxygen atoms in total. The molecule has 1 N–H and O–H groups in total. The van der Waals surface area contributed by atoms with Crippen molar-refractivity contribution >= 4 is 14.0 Å². The molecule has 0 radical (unpaired) electrons. The van der Waals surface area contributed by atoms with Crippen LogP contribution in [0, 0.1) is 18.4 Å². The van der Waals surface area contributed by atoms with E-state index in [0.717, 1.165) is 11.1 Å². The topological polar surface area (TPSA) is 55.8 Å². The maximum absolute atomic E-state index is 11.0. The van der Waals surface area contributed by atoms with Crippen LogP contribution in [0.15, 0.2) is 30.0 Å². The van der Waals surface area contributed by atoms with E-state index in [1.807, 2.05) is 25.1 Å². The van der Waals surface area contributed by atoms with Crippen molar-refractivity contribution in [2.24, 2.45) is 0 Å². The van der Waals surface area contributed by atoms with Crippen molar-refractivity contribution in [1.29, 1.82) is 0 Å². The van der Waals surface area contributed by atoms with Gasteiger partial charge in [-0.2, -0.15) is 0 Å². The number of aliphatic carboxylic acids is 1. The first kappa shape index (κ1) is 17.9. The van der Waals surface area contributed by atoms with Crippen molar-refractivity contribution in [3.63, 3.8) is 0 Å². The highest BCUT2D eigenvalue weighted by Gasteiger charge is 2.11. The van der Waals surface area contributed by atoms with Crippen LogP contribution in [0.1, 0.15) is 11.1 Å². The first-order valence-corrected chi connectivity index (χ1v) is 10.4. The summed E-state index contributed by atoms with van der Waals surface area (Å²) in [6.07, 6.45) is 1.17. The molecule has 0 bridgehead atoms. The molecule has 1 rings (SSSR count). The molecule has 0 aliphatic heterocycles. The van der Waals surface area contributed by atoms with Gasteiger partial charge in [0.15, 0.2) is 0 Å². The van der Waals surface area contributed by atoms with E-state index >= 15 is 0 Å². The Balaban J connectivity index is 2.93. The van der Waals surface area contributed by atoms with Crippen molar-refractivity contribution in [3.05, 3.63) is 41.2 Å². The van der Waals surface area contributed by atoms with E-state index < -0.39 is 14.0 Å². The smallest absolute Gasteiger partial charge is 0.338 e.